The van der Waals surface area contributed by atoms with Gasteiger partial charge in [-0.3, -0.25) is 4.79 Å². The first kappa shape index (κ1) is 16.9. The molecule has 0 aliphatic carbocycles. The van der Waals surface area contributed by atoms with Crippen LogP contribution in [0.5, 0.6) is 23.0 Å². The number of hydrogen-bond donors (Lipinski definition) is 1. The Morgan fingerprint density at radius 3 is 2.88 bits per heavy atom. The van der Waals surface area contributed by atoms with E-state index in [1.165, 1.54) is 12.1 Å². The highest BCUT2D eigenvalue weighted by Gasteiger charge is 2.16. The van der Waals surface area contributed by atoms with Crippen molar-refractivity contribution in [1.82, 2.24) is 5.32 Å². The van der Waals surface area contributed by atoms with Crippen LogP contribution in [0.1, 0.15) is 6.92 Å². The molecule has 1 aliphatic rings. The second-order valence-electron chi connectivity index (χ2n) is 5.35. The molecular weight excluding hydrogens is 329 g/mol. The van der Waals surface area contributed by atoms with Crippen LogP contribution in [0.2, 0.25) is 0 Å². The van der Waals surface area contributed by atoms with Gasteiger partial charge in [0, 0.05) is 6.07 Å². The minimum Gasteiger partial charge on any atom is -0.492 e. The largest absolute Gasteiger partial charge is 0.492 e. The first-order chi connectivity index (χ1) is 12.1. The van der Waals surface area contributed by atoms with Gasteiger partial charge in [-0.05, 0) is 31.2 Å². The quantitative estimate of drug-likeness (QED) is 0.780. The number of carbonyl (C=O) groups is 1. The lowest BCUT2D eigenvalue weighted by Gasteiger charge is -2.15. The van der Waals surface area contributed by atoms with Crippen LogP contribution < -0.4 is 24.3 Å². The van der Waals surface area contributed by atoms with E-state index in [2.05, 4.69) is 5.32 Å². The van der Waals surface area contributed by atoms with Crippen molar-refractivity contribution in [2.45, 2.75) is 13.0 Å². The SMILES string of the molecule is CC(Oc1ccccc1F)C(=O)NCCOc1ccc2c(c1)OCO2. The smallest absolute Gasteiger partial charge is 0.260 e. The number of benzene rings is 2. The van der Waals surface area contributed by atoms with Crippen molar-refractivity contribution in [2.24, 2.45) is 0 Å². The van der Waals surface area contributed by atoms with Gasteiger partial charge in [0.15, 0.2) is 29.2 Å². The Kier molecular flexibility index (Phi) is 5.23. The van der Waals surface area contributed by atoms with E-state index in [1.807, 2.05) is 0 Å². The van der Waals surface area contributed by atoms with Gasteiger partial charge in [0.2, 0.25) is 6.79 Å². The molecule has 0 aromatic heterocycles. The lowest BCUT2D eigenvalue weighted by atomic mass is 10.3. The van der Waals surface area contributed by atoms with E-state index >= 15 is 0 Å². The molecule has 6 nitrogen and oxygen atoms in total. The number of halogens is 1. The van der Waals surface area contributed by atoms with Crippen LogP contribution in [0, 0.1) is 5.82 Å². The molecule has 0 saturated heterocycles. The number of rotatable bonds is 7. The van der Waals surface area contributed by atoms with Crippen molar-refractivity contribution in [2.75, 3.05) is 19.9 Å². The fourth-order valence-electron chi connectivity index (χ4n) is 2.24. The molecule has 25 heavy (non-hydrogen) atoms. The molecule has 1 amide bonds. The summed E-state index contributed by atoms with van der Waals surface area (Å²) in [6.07, 6.45) is -0.817. The summed E-state index contributed by atoms with van der Waals surface area (Å²) in [6, 6.07) is 11.2. The van der Waals surface area contributed by atoms with Crippen LogP contribution in [0.15, 0.2) is 42.5 Å². The van der Waals surface area contributed by atoms with Crippen LogP contribution in [0.4, 0.5) is 4.39 Å². The number of fused-ring (bicyclic) bond motifs is 1. The van der Waals surface area contributed by atoms with Gasteiger partial charge in [0.1, 0.15) is 12.4 Å². The lowest BCUT2D eigenvalue weighted by molar-refractivity contribution is -0.127. The van der Waals surface area contributed by atoms with Gasteiger partial charge < -0.3 is 24.3 Å². The summed E-state index contributed by atoms with van der Waals surface area (Å²) in [6.45, 7) is 2.32. The second-order valence-corrected chi connectivity index (χ2v) is 5.35. The second kappa shape index (κ2) is 7.74. The van der Waals surface area contributed by atoms with E-state index in [1.54, 1.807) is 37.3 Å². The highest BCUT2D eigenvalue weighted by atomic mass is 19.1. The van der Waals surface area contributed by atoms with Gasteiger partial charge in [0.25, 0.3) is 5.91 Å². The van der Waals surface area contributed by atoms with Crippen LogP contribution in [-0.2, 0) is 4.79 Å². The van der Waals surface area contributed by atoms with Crippen LogP contribution >= 0.6 is 0 Å². The Hall–Kier alpha value is -2.96. The Labute approximate surface area is 144 Å². The molecule has 132 valence electrons. The molecule has 1 aliphatic heterocycles. The molecule has 1 atom stereocenters. The van der Waals surface area contributed by atoms with Crippen LogP contribution in [0.3, 0.4) is 0 Å². The van der Waals surface area contributed by atoms with Crippen molar-refractivity contribution in [3.05, 3.63) is 48.3 Å². The molecular formula is C18H18FNO5. The highest BCUT2D eigenvalue weighted by Crippen LogP contribution is 2.34. The number of para-hydroxylation sites is 1. The maximum atomic E-state index is 13.5. The molecule has 0 saturated carbocycles. The van der Waals surface area contributed by atoms with E-state index in [-0.39, 0.29) is 31.6 Å². The van der Waals surface area contributed by atoms with E-state index < -0.39 is 11.9 Å². The number of hydrogen-bond acceptors (Lipinski definition) is 5. The monoisotopic (exact) mass is 347 g/mol. The van der Waals surface area contributed by atoms with Crippen molar-refractivity contribution in [1.29, 1.82) is 0 Å². The van der Waals surface area contributed by atoms with Crippen molar-refractivity contribution in [3.63, 3.8) is 0 Å². The zero-order chi connectivity index (χ0) is 17.6. The molecule has 2 aromatic rings. The Balaban J connectivity index is 1.41. The number of nitrogens with one attached hydrogen (secondary N) is 1. The zero-order valence-corrected chi connectivity index (χ0v) is 13.7. The topological polar surface area (TPSA) is 66.0 Å². The summed E-state index contributed by atoms with van der Waals surface area (Å²) in [5.41, 5.74) is 0. The molecule has 2 aromatic carbocycles. The van der Waals surface area contributed by atoms with Gasteiger partial charge in [0.05, 0.1) is 6.54 Å². The minimum absolute atomic E-state index is 0.0433. The molecule has 0 spiro atoms. The van der Waals surface area contributed by atoms with E-state index in [0.29, 0.717) is 17.2 Å². The molecule has 0 fully saturated rings. The molecule has 7 heteroatoms. The van der Waals surface area contributed by atoms with E-state index in [4.69, 9.17) is 18.9 Å². The summed E-state index contributed by atoms with van der Waals surface area (Å²) >= 11 is 0. The van der Waals surface area contributed by atoms with Crippen LogP contribution in [0.25, 0.3) is 0 Å². The number of carbonyl (C=O) groups excluding carboxylic acids is 1. The standard InChI is InChI=1S/C18H18FNO5/c1-12(25-15-5-3-2-4-14(15)19)18(21)20-8-9-22-13-6-7-16-17(10-13)24-11-23-16/h2-7,10,12H,8-9,11H2,1H3,(H,20,21). The maximum absolute atomic E-state index is 13.5. The average Bonchev–Trinajstić information content (AvgIpc) is 3.08. The summed E-state index contributed by atoms with van der Waals surface area (Å²) in [5.74, 6) is 1.12. The first-order valence-corrected chi connectivity index (χ1v) is 7.85. The third-order valence-electron chi connectivity index (χ3n) is 3.52. The normalized spacial score (nSPS) is 13.2. The third-order valence-corrected chi connectivity index (χ3v) is 3.52. The summed E-state index contributed by atoms with van der Waals surface area (Å²) < 4.78 is 34.8. The van der Waals surface area contributed by atoms with Gasteiger partial charge in [-0.2, -0.15) is 0 Å². The maximum Gasteiger partial charge on any atom is 0.260 e. The number of amides is 1. The summed E-state index contributed by atoms with van der Waals surface area (Å²) in [5, 5.41) is 2.68. The zero-order valence-electron chi connectivity index (χ0n) is 13.7. The summed E-state index contributed by atoms with van der Waals surface area (Å²) in [4.78, 5) is 12.0. The highest BCUT2D eigenvalue weighted by molar-refractivity contribution is 5.80. The predicted octanol–water partition coefficient (Wildman–Crippen LogP) is 2.52. The number of ether oxygens (including phenoxy) is 4. The Morgan fingerprint density at radius 2 is 2.04 bits per heavy atom. The predicted molar refractivity (Wildman–Crippen MR) is 87.6 cm³/mol. The fraction of sp³-hybridized carbons (Fsp3) is 0.278. The van der Waals surface area contributed by atoms with Crippen LogP contribution in [-0.4, -0.2) is 32.0 Å². The Bertz CT molecular complexity index is 752. The molecule has 1 N–H and O–H groups in total. The summed E-state index contributed by atoms with van der Waals surface area (Å²) in [7, 11) is 0. The molecule has 0 radical (unpaired) electrons. The van der Waals surface area contributed by atoms with Gasteiger partial charge in [-0.25, -0.2) is 4.39 Å². The van der Waals surface area contributed by atoms with Crippen molar-refractivity contribution in [3.8, 4) is 23.0 Å². The molecule has 1 unspecified atom stereocenters. The molecule has 0 bridgehead atoms. The van der Waals surface area contributed by atoms with Gasteiger partial charge in [-0.15, -0.1) is 0 Å². The third kappa shape index (κ3) is 4.32. The minimum atomic E-state index is -0.817. The van der Waals surface area contributed by atoms with Crippen molar-refractivity contribution >= 4 is 5.91 Å². The van der Waals surface area contributed by atoms with Gasteiger partial charge in [-0.1, -0.05) is 12.1 Å². The molecule has 3 rings (SSSR count). The fourth-order valence-corrected chi connectivity index (χ4v) is 2.24. The molecule has 1 heterocycles. The van der Waals surface area contributed by atoms with E-state index in [0.717, 1.165) is 0 Å². The lowest BCUT2D eigenvalue weighted by Crippen LogP contribution is -2.38. The van der Waals surface area contributed by atoms with Crippen molar-refractivity contribution < 1.29 is 28.1 Å². The average molecular weight is 347 g/mol. The Morgan fingerprint density at radius 1 is 1.24 bits per heavy atom. The van der Waals surface area contributed by atoms with Gasteiger partial charge >= 0.3 is 0 Å². The van der Waals surface area contributed by atoms with E-state index in [9.17, 15) is 9.18 Å². The first-order valence-electron chi connectivity index (χ1n) is 7.85.